The summed E-state index contributed by atoms with van der Waals surface area (Å²) >= 11 is 0. The molecular weight excluding hydrogens is 536 g/mol. The average molecular weight is 569 g/mol. The number of nitrogens with one attached hydrogen (secondary N) is 2. The molecule has 216 valence electrons. The number of aliphatic imine (C=N–C) groups is 1. The fraction of sp³-hybridized carbons (Fsp3) is 0.250. The summed E-state index contributed by atoms with van der Waals surface area (Å²) < 4.78 is 10.5. The number of aromatic hydroxyl groups is 1. The highest BCUT2D eigenvalue weighted by molar-refractivity contribution is 6.22. The lowest BCUT2D eigenvalue weighted by molar-refractivity contribution is -0.124. The van der Waals surface area contributed by atoms with Crippen molar-refractivity contribution in [2.45, 2.75) is 6.92 Å². The molecule has 10 heteroatoms. The second-order valence-corrected chi connectivity index (χ2v) is 10.0. The van der Waals surface area contributed by atoms with Crippen LogP contribution in [0.15, 0.2) is 71.7 Å². The number of aromatic amines is 1. The van der Waals surface area contributed by atoms with Crippen LogP contribution in [-0.2, 0) is 14.3 Å². The SMILES string of the molecule is COC(=O)c1cc2[nH]c(O)c(C(=Nc3ccc(C(=O)COCCN4CCNC(=O)C4)cc3)c3ccccc3)c2cc1C. The number of ether oxygens (including phenoxy) is 2. The van der Waals surface area contributed by atoms with E-state index in [0.29, 0.717) is 70.8 Å². The number of esters is 1. The number of aromatic nitrogens is 1. The highest BCUT2D eigenvalue weighted by atomic mass is 16.5. The van der Waals surface area contributed by atoms with Gasteiger partial charge in [-0.05, 0) is 48.9 Å². The number of nitrogens with zero attached hydrogens (tertiary/aromatic N) is 2. The molecule has 3 N–H and O–H groups in total. The van der Waals surface area contributed by atoms with Crippen molar-refractivity contribution >= 4 is 40.0 Å². The number of rotatable bonds is 10. The lowest BCUT2D eigenvalue weighted by Crippen LogP contribution is -2.48. The number of hydrogen-bond acceptors (Lipinski definition) is 8. The summed E-state index contributed by atoms with van der Waals surface area (Å²) in [5.41, 5.74) is 4.56. The van der Waals surface area contributed by atoms with Gasteiger partial charge in [0, 0.05) is 41.7 Å². The van der Waals surface area contributed by atoms with E-state index >= 15 is 0 Å². The number of methoxy groups -OCH3 is 1. The molecule has 1 aliphatic heterocycles. The van der Waals surface area contributed by atoms with Crippen molar-refractivity contribution in [3.63, 3.8) is 0 Å². The summed E-state index contributed by atoms with van der Waals surface area (Å²) in [6, 6.07) is 19.9. The normalized spacial score (nSPS) is 14.1. The molecule has 1 amide bonds. The predicted molar refractivity (Wildman–Crippen MR) is 159 cm³/mol. The number of ketones is 1. The Bertz CT molecular complexity index is 1640. The molecule has 2 heterocycles. The first-order chi connectivity index (χ1) is 20.3. The molecular formula is C32H32N4O6. The van der Waals surface area contributed by atoms with Crippen molar-refractivity contribution in [2.75, 3.05) is 46.5 Å². The Morgan fingerprint density at radius 2 is 1.81 bits per heavy atom. The largest absolute Gasteiger partial charge is 0.494 e. The van der Waals surface area contributed by atoms with Crippen molar-refractivity contribution in [3.8, 4) is 5.88 Å². The first-order valence-corrected chi connectivity index (χ1v) is 13.6. The van der Waals surface area contributed by atoms with Gasteiger partial charge in [0.2, 0.25) is 5.91 Å². The molecule has 0 aliphatic carbocycles. The number of hydrogen-bond donors (Lipinski definition) is 3. The number of piperazine rings is 1. The summed E-state index contributed by atoms with van der Waals surface area (Å²) in [7, 11) is 1.33. The number of carbonyl (C=O) groups excluding carboxylic acids is 3. The fourth-order valence-corrected chi connectivity index (χ4v) is 4.94. The Hall–Kier alpha value is -4.80. The third kappa shape index (κ3) is 6.40. The van der Waals surface area contributed by atoms with Crippen LogP contribution in [0.1, 0.15) is 37.4 Å². The highest BCUT2D eigenvalue weighted by Gasteiger charge is 2.21. The van der Waals surface area contributed by atoms with Gasteiger partial charge in [0.15, 0.2) is 11.7 Å². The number of fused-ring (bicyclic) bond motifs is 1. The van der Waals surface area contributed by atoms with Gasteiger partial charge in [-0.2, -0.15) is 0 Å². The second-order valence-electron chi connectivity index (χ2n) is 10.0. The van der Waals surface area contributed by atoms with E-state index in [1.807, 2.05) is 48.2 Å². The zero-order valence-corrected chi connectivity index (χ0v) is 23.5. The Kier molecular flexibility index (Phi) is 8.75. The van der Waals surface area contributed by atoms with E-state index in [1.165, 1.54) is 7.11 Å². The molecule has 1 saturated heterocycles. The minimum absolute atomic E-state index is 0.00165. The van der Waals surface area contributed by atoms with Crippen LogP contribution in [0.25, 0.3) is 10.9 Å². The molecule has 3 aromatic carbocycles. The maximum atomic E-state index is 12.7. The summed E-state index contributed by atoms with van der Waals surface area (Å²) in [5, 5.41) is 14.5. The molecule has 0 unspecified atom stereocenters. The molecule has 42 heavy (non-hydrogen) atoms. The van der Waals surface area contributed by atoms with Crippen LogP contribution in [0.2, 0.25) is 0 Å². The van der Waals surface area contributed by atoms with Crippen LogP contribution >= 0.6 is 0 Å². The zero-order valence-electron chi connectivity index (χ0n) is 23.5. The number of benzene rings is 3. The van der Waals surface area contributed by atoms with Gasteiger partial charge in [0.1, 0.15) is 6.61 Å². The van der Waals surface area contributed by atoms with Gasteiger partial charge in [-0.15, -0.1) is 0 Å². The van der Waals surface area contributed by atoms with Gasteiger partial charge in [0.25, 0.3) is 0 Å². The monoisotopic (exact) mass is 568 g/mol. The highest BCUT2D eigenvalue weighted by Crippen LogP contribution is 2.33. The van der Waals surface area contributed by atoms with Gasteiger partial charge in [-0.1, -0.05) is 30.3 Å². The average Bonchev–Trinajstić information content (AvgIpc) is 3.32. The summed E-state index contributed by atoms with van der Waals surface area (Å²) in [6.45, 7) is 4.42. The number of amides is 1. The van der Waals surface area contributed by atoms with E-state index in [9.17, 15) is 19.5 Å². The smallest absolute Gasteiger partial charge is 0.338 e. The first-order valence-electron chi connectivity index (χ1n) is 13.6. The summed E-state index contributed by atoms with van der Waals surface area (Å²) in [6.07, 6.45) is 0. The van der Waals surface area contributed by atoms with Crippen molar-refractivity contribution in [1.82, 2.24) is 15.2 Å². The molecule has 1 fully saturated rings. The summed E-state index contributed by atoms with van der Waals surface area (Å²) in [4.78, 5) is 46.3. The van der Waals surface area contributed by atoms with Crippen LogP contribution in [0.5, 0.6) is 5.88 Å². The van der Waals surface area contributed by atoms with Crippen LogP contribution in [0.4, 0.5) is 5.69 Å². The summed E-state index contributed by atoms with van der Waals surface area (Å²) in [5.74, 6) is -0.698. The third-order valence-corrected chi connectivity index (χ3v) is 7.15. The topological polar surface area (TPSA) is 133 Å². The Labute approximate surface area is 243 Å². The van der Waals surface area contributed by atoms with E-state index < -0.39 is 5.97 Å². The molecule has 10 nitrogen and oxygen atoms in total. The van der Waals surface area contributed by atoms with Gasteiger partial charge >= 0.3 is 5.97 Å². The Balaban J connectivity index is 1.37. The van der Waals surface area contributed by atoms with E-state index in [1.54, 1.807) is 30.3 Å². The van der Waals surface area contributed by atoms with Crippen LogP contribution in [0.3, 0.4) is 0 Å². The van der Waals surface area contributed by atoms with Gasteiger partial charge in [0.05, 0.1) is 42.8 Å². The number of carbonyl (C=O) groups is 3. The molecule has 1 aromatic heterocycles. The zero-order chi connectivity index (χ0) is 29.6. The standard InChI is InChI=1S/C32H32N4O6/c1-20-16-25-26(17-24(20)32(40)41-2)35-31(39)29(25)30(22-6-4-3-5-7-22)34-23-10-8-21(9-11-23)27(37)19-42-15-14-36-13-12-33-28(38)18-36/h3-11,16-17,35,39H,12-15,18-19H2,1-2H3,(H,33,38). The molecule has 0 atom stereocenters. The van der Waals surface area contributed by atoms with Gasteiger partial charge in [-0.25, -0.2) is 9.79 Å². The molecule has 5 rings (SSSR count). The van der Waals surface area contributed by atoms with E-state index in [2.05, 4.69) is 10.3 Å². The van der Waals surface area contributed by atoms with Crippen molar-refractivity contribution in [1.29, 1.82) is 0 Å². The van der Waals surface area contributed by atoms with E-state index in [-0.39, 0.29) is 24.2 Å². The Morgan fingerprint density at radius 1 is 1.05 bits per heavy atom. The second kappa shape index (κ2) is 12.8. The van der Waals surface area contributed by atoms with Crippen LogP contribution < -0.4 is 5.32 Å². The van der Waals surface area contributed by atoms with Gasteiger partial charge < -0.3 is 24.9 Å². The Morgan fingerprint density at radius 3 is 2.52 bits per heavy atom. The maximum Gasteiger partial charge on any atom is 0.338 e. The fourth-order valence-electron chi connectivity index (χ4n) is 4.94. The third-order valence-electron chi connectivity index (χ3n) is 7.15. The molecule has 0 radical (unpaired) electrons. The molecule has 0 spiro atoms. The quantitative estimate of drug-likeness (QED) is 0.115. The number of Topliss-reactive ketones (excluding diaryl/α,β-unsaturated/α-hetero) is 1. The molecule has 1 aliphatic rings. The van der Waals surface area contributed by atoms with E-state index in [0.717, 1.165) is 12.1 Å². The minimum Gasteiger partial charge on any atom is -0.494 e. The molecule has 0 bridgehead atoms. The van der Waals surface area contributed by atoms with Crippen molar-refractivity contribution in [2.24, 2.45) is 4.99 Å². The maximum absolute atomic E-state index is 12.7. The number of H-pyrrole nitrogens is 1. The lowest BCUT2D eigenvalue weighted by Gasteiger charge is -2.26. The van der Waals surface area contributed by atoms with E-state index in [4.69, 9.17) is 14.5 Å². The van der Waals surface area contributed by atoms with Gasteiger partial charge in [-0.3, -0.25) is 14.5 Å². The van der Waals surface area contributed by atoms with Crippen LogP contribution in [0, 0.1) is 6.92 Å². The van der Waals surface area contributed by atoms with Crippen LogP contribution in [-0.4, -0.2) is 84.9 Å². The van der Waals surface area contributed by atoms with Crippen molar-refractivity contribution < 1.29 is 29.0 Å². The number of aryl methyl sites for hydroxylation is 1. The molecule has 0 saturated carbocycles. The minimum atomic E-state index is -0.460. The first kappa shape index (κ1) is 28.7. The lowest BCUT2D eigenvalue weighted by atomic mass is 9.98. The predicted octanol–water partition coefficient (Wildman–Crippen LogP) is 3.77. The molecule has 4 aromatic rings. The van der Waals surface area contributed by atoms with Crippen molar-refractivity contribution in [3.05, 3.63) is 94.5 Å².